The molecule has 1 spiro atoms. The van der Waals surface area contributed by atoms with Gasteiger partial charge < -0.3 is 15.0 Å². The van der Waals surface area contributed by atoms with Crippen LogP contribution in [0.2, 0.25) is 0 Å². The Morgan fingerprint density at radius 3 is 2.32 bits per heavy atom. The van der Waals surface area contributed by atoms with Crippen LogP contribution in [0.1, 0.15) is 37.4 Å². The van der Waals surface area contributed by atoms with Crippen LogP contribution in [0.4, 0.5) is 11.4 Å². The van der Waals surface area contributed by atoms with E-state index in [1.807, 2.05) is 78.6 Å². The molecule has 6 nitrogen and oxygen atoms in total. The largest absolute Gasteiger partial charge is 0.497 e. The molecule has 4 aromatic rings. The zero-order valence-corrected chi connectivity index (χ0v) is 22.7. The highest BCUT2D eigenvalue weighted by molar-refractivity contribution is 6.18. The van der Waals surface area contributed by atoms with Gasteiger partial charge in [-0.1, -0.05) is 72.3 Å². The quantitative estimate of drug-likeness (QED) is 0.321. The van der Waals surface area contributed by atoms with Crippen LogP contribution in [-0.2, 0) is 10.2 Å². The van der Waals surface area contributed by atoms with Gasteiger partial charge in [-0.3, -0.25) is 14.4 Å². The summed E-state index contributed by atoms with van der Waals surface area (Å²) >= 11 is 0. The number of methoxy groups -OCH3 is 1. The van der Waals surface area contributed by atoms with Crippen molar-refractivity contribution in [3.63, 3.8) is 0 Å². The normalized spacial score (nSPS) is 23.5. The molecule has 4 atom stereocenters. The van der Waals surface area contributed by atoms with Crippen molar-refractivity contribution in [3.8, 4) is 5.75 Å². The molecule has 1 fully saturated rings. The van der Waals surface area contributed by atoms with E-state index >= 15 is 0 Å². The maximum Gasteiger partial charge on any atom is 0.238 e. The fraction of sp³-hybridized carbons (Fsp3) is 0.171. The first kappa shape index (κ1) is 25.0. The number of carbonyl (C=O) groups excluding carboxylic acids is 3. The maximum absolute atomic E-state index is 14.8. The minimum atomic E-state index is -1.33. The molecule has 4 unspecified atom stereocenters. The van der Waals surface area contributed by atoms with E-state index in [1.54, 1.807) is 43.5 Å². The number of ketones is 2. The smallest absolute Gasteiger partial charge is 0.238 e. The highest BCUT2D eigenvalue weighted by Crippen LogP contribution is 2.58. The van der Waals surface area contributed by atoms with Gasteiger partial charge >= 0.3 is 0 Å². The van der Waals surface area contributed by atoms with Crippen LogP contribution in [0.15, 0.2) is 103 Å². The molecule has 0 bridgehead atoms. The number of benzene rings is 4. The summed E-state index contributed by atoms with van der Waals surface area (Å²) in [7, 11) is 1.57. The molecule has 0 aliphatic carbocycles. The van der Waals surface area contributed by atoms with Crippen molar-refractivity contribution in [3.05, 3.63) is 131 Å². The van der Waals surface area contributed by atoms with E-state index in [-0.39, 0.29) is 17.5 Å². The van der Waals surface area contributed by atoms with Crippen molar-refractivity contribution >= 4 is 34.9 Å². The van der Waals surface area contributed by atoms with Crippen LogP contribution in [-0.4, -0.2) is 36.7 Å². The van der Waals surface area contributed by atoms with Crippen molar-refractivity contribution in [2.24, 2.45) is 5.92 Å². The minimum Gasteiger partial charge on any atom is -0.497 e. The second-order valence-corrected chi connectivity index (χ2v) is 10.9. The highest BCUT2D eigenvalue weighted by atomic mass is 16.5. The monoisotopic (exact) mass is 540 g/mol. The van der Waals surface area contributed by atoms with Crippen LogP contribution in [0.5, 0.6) is 5.75 Å². The summed E-state index contributed by atoms with van der Waals surface area (Å²) in [5, 5.41) is 3.07. The molecule has 7 rings (SSSR count). The number of aryl methyl sites for hydroxylation is 1. The van der Waals surface area contributed by atoms with Gasteiger partial charge in [-0.2, -0.15) is 0 Å². The topological polar surface area (TPSA) is 75.7 Å². The Labute approximate surface area is 238 Å². The van der Waals surface area contributed by atoms with Gasteiger partial charge in [0.25, 0.3) is 0 Å². The van der Waals surface area contributed by atoms with Crippen molar-refractivity contribution in [1.29, 1.82) is 0 Å². The number of nitrogens with zero attached hydrogens (tertiary/aromatic N) is 1. The van der Waals surface area contributed by atoms with Gasteiger partial charge in [0.15, 0.2) is 11.6 Å². The van der Waals surface area contributed by atoms with Crippen LogP contribution >= 0.6 is 0 Å². The van der Waals surface area contributed by atoms with Gasteiger partial charge in [0.2, 0.25) is 5.91 Å². The van der Waals surface area contributed by atoms with Gasteiger partial charge in [-0.25, -0.2) is 0 Å². The highest BCUT2D eigenvalue weighted by Gasteiger charge is 2.70. The number of rotatable bonds is 5. The fourth-order valence-corrected chi connectivity index (χ4v) is 7.01. The number of Topliss-reactive ketones (excluding diaryl/α,β-unsaturated/α-hetero) is 2. The predicted molar refractivity (Wildman–Crippen MR) is 159 cm³/mol. The van der Waals surface area contributed by atoms with E-state index in [4.69, 9.17) is 4.74 Å². The van der Waals surface area contributed by atoms with Gasteiger partial charge in [-0.15, -0.1) is 0 Å². The molecule has 3 aliphatic heterocycles. The molecule has 3 heterocycles. The number of hydrogen-bond acceptors (Lipinski definition) is 5. The first-order valence-corrected chi connectivity index (χ1v) is 13.7. The third kappa shape index (κ3) is 3.53. The second kappa shape index (κ2) is 9.30. The SMILES string of the molecule is COc1ccc(C(=O)C2C(C(=O)c3ccccc3)N3c4ccc(C)cc4C=CC3C23C(=O)Nc2ccccc23)cc1. The Morgan fingerprint density at radius 2 is 1.56 bits per heavy atom. The lowest BCUT2D eigenvalue weighted by Crippen LogP contribution is -2.51. The molecule has 4 aromatic carbocycles. The summed E-state index contributed by atoms with van der Waals surface area (Å²) in [5.41, 5.74) is 3.85. The zero-order valence-electron chi connectivity index (χ0n) is 22.7. The fourth-order valence-electron chi connectivity index (χ4n) is 7.01. The van der Waals surface area contributed by atoms with Gasteiger partial charge in [-0.05, 0) is 60.5 Å². The molecule has 0 aromatic heterocycles. The van der Waals surface area contributed by atoms with Crippen LogP contribution in [0.3, 0.4) is 0 Å². The van der Waals surface area contributed by atoms with Crippen LogP contribution < -0.4 is 15.0 Å². The van der Waals surface area contributed by atoms with E-state index < -0.39 is 23.4 Å². The summed E-state index contributed by atoms with van der Waals surface area (Å²) in [6, 6.07) is 28.0. The third-order valence-electron chi connectivity index (χ3n) is 8.77. The van der Waals surface area contributed by atoms with E-state index in [0.29, 0.717) is 22.6 Å². The maximum atomic E-state index is 14.8. The van der Waals surface area contributed by atoms with E-state index in [1.165, 1.54) is 0 Å². The Hall–Kier alpha value is -4.97. The summed E-state index contributed by atoms with van der Waals surface area (Å²) in [6.07, 6.45) is 4.01. The molecule has 1 N–H and O–H groups in total. The Balaban J connectivity index is 1.52. The second-order valence-electron chi connectivity index (χ2n) is 10.9. The van der Waals surface area contributed by atoms with Crippen molar-refractivity contribution in [2.75, 3.05) is 17.3 Å². The summed E-state index contributed by atoms with van der Waals surface area (Å²) in [4.78, 5) is 45.8. The van der Waals surface area contributed by atoms with Crippen molar-refractivity contribution < 1.29 is 19.1 Å². The third-order valence-corrected chi connectivity index (χ3v) is 8.77. The lowest BCUT2D eigenvalue weighted by atomic mass is 9.64. The number of nitrogens with one attached hydrogen (secondary N) is 1. The average Bonchev–Trinajstić information content (AvgIpc) is 3.49. The number of ether oxygens (including phenoxy) is 1. The van der Waals surface area contributed by atoms with Crippen LogP contribution in [0, 0.1) is 12.8 Å². The molecule has 202 valence electrons. The Bertz CT molecular complexity index is 1740. The molecule has 0 saturated carbocycles. The van der Waals surface area contributed by atoms with Crippen molar-refractivity contribution in [2.45, 2.75) is 24.4 Å². The van der Waals surface area contributed by atoms with Crippen molar-refractivity contribution in [1.82, 2.24) is 0 Å². The standard InChI is InChI=1S/C35H28N2O4/c1-21-12-18-28-24(20-21)15-19-29-35(26-10-6-7-11-27(26)36-34(35)40)30(32(38)23-13-16-25(41-2)17-14-23)31(37(28)29)33(39)22-8-4-3-5-9-22/h3-20,29-31H,1-2H3,(H,36,40). The molecule has 6 heteroatoms. The summed E-state index contributed by atoms with van der Waals surface area (Å²) in [5.74, 6) is -1.12. The molecule has 0 radical (unpaired) electrons. The lowest BCUT2D eigenvalue weighted by molar-refractivity contribution is -0.121. The molecular formula is C35H28N2O4. The first-order valence-electron chi connectivity index (χ1n) is 13.7. The zero-order chi connectivity index (χ0) is 28.3. The number of carbonyl (C=O) groups is 3. The van der Waals surface area contributed by atoms with Gasteiger partial charge in [0.05, 0.1) is 19.1 Å². The molecular weight excluding hydrogens is 512 g/mol. The van der Waals surface area contributed by atoms with E-state index in [0.717, 1.165) is 22.4 Å². The lowest BCUT2D eigenvalue weighted by Gasteiger charge is -2.37. The Morgan fingerprint density at radius 1 is 0.854 bits per heavy atom. The number of anilines is 2. The predicted octanol–water partition coefficient (Wildman–Crippen LogP) is 5.86. The minimum absolute atomic E-state index is 0.196. The summed E-state index contributed by atoms with van der Waals surface area (Å²) < 4.78 is 5.33. The number of fused-ring (bicyclic) bond motifs is 6. The van der Waals surface area contributed by atoms with Crippen LogP contribution in [0.25, 0.3) is 6.08 Å². The average molecular weight is 541 g/mol. The first-order chi connectivity index (χ1) is 19.9. The van der Waals surface area contributed by atoms with Gasteiger partial charge in [0, 0.05) is 22.5 Å². The number of para-hydroxylation sites is 1. The molecule has 1 saturated heterocycles. The van der Waals surface area contributed by atoms with E-state index in [9.17, 15) is 14.4 Å². The van der Waals surface area contributed by atoms with Gasteiger partial charge in [0.1, 0.15) is 17.2 Å². The number of amides is 1. The summed E-state index contributed by atoms with van der Waals surface area (Å²) in [6.45, 7) is 2.02. The molecule has 1 amide bonds. The molecule has 41 heavy (non-hydrogen) atoms. The van der Waals surface area contributed by atoms with E-state index in [2.05, 4.69) is 11.4 Å². The number of hydrogen-bond donors (Lipinski definition) is 1. The Kier molecular flexibility index (Phi) is 5.68. The molecule has 3 aliphatic rings.